The van der Waals surface area contributed by atoms with Crippen LogP contribution >= 0.6 is 23.4 Å². The molecular weight excluding hydrogens is 248 g/mol. The van der Waals surface area contributed by atoms with Crippen LogP contribution in [-0.4, -0.2) is 35.4 Å². The number of amides is 3. The fourth-order valence-electron chi connectivity index (χ4n) is 1.91. The molecule has 16 heavy (non-hydrogen) atoms. The van der Waals surface area contributed by atoms with Crippen molar-refractivity contribution in [1.82, 2.24) is 10.6 Å². The molecule has 2 unspecified atom stereocenters. The highest BCUT2D eigenvalue weighted by atomic mass is 35.5. The first-order valence-corrected chi connectivity index (χ1v) is 7.18. The molecule has 0 heterocycles. The number of halogens is 1. The van der Waals surface area contributed by atoms with Crippen LogP contribution in [0.25, 0.3) is 0 Å². The molecule has 1 aliphatic rings. The Labute approximate surface area is 105 Å². The SMILES string of the molecule is CSC1CCCCC1NC(=O)NC(=O)CCl. The summed E-state index contributed by atoms with van der Waals surface area (Å²) < 4.78 is 0. The fourth-order valence-corrected chi connectivity index (χ4v) is 2.91. The second kappa shape index (κ2) is 7.01. The summed E-state index contributed by atoms with van der Waals surface area (Å²) in [5.41, 5.74) is 0. The summed E-state index contributed by atoms with van der Waals surface area (Å²) in [7, 11) is 0. The van der Waals surface area contributed by atoms with Crippen molar-refractivity contribution in [3.63, 3.8) is 0 Å². The molecule has 4 nitrogen and oxygen atoms in total. The molecule has 6 heteroatoms. The zero-order valence-electron chi connectivity index (χ0n) is 9.29. The number of hydrogen-bond acceptors (Lipinski definition) is 3. The van der Waals surface area contributed by atoms with Crippen molar-refractivity contribution in [1.29, 1.82) is 0 Å². The summed E-state index contributed by atoms with van der Waals surface area (Å²) in [5.74, 6) is -0.653. The average Bonchev–Trinajstić information content (AvgIpc) is 2.29. The lowest BCUT2D eigenvalue weighted by atomic mass is 9.95. The smallest absolute Gasteiger partial charge is 0.321 e. The molecule has 0 aromatic heterocycles. The number of urea groups is 1. The Kier molecular flexibility index (Phi) is 5.98. The van der Waals surface area contributed by atoms with Crippen LogP contribution in [0.1, 0.15) is 25.7 Å². The van der Waals surface area contributed by atoms with Crippen molar-refractivity contribution in [3.05, 3.63) is 0 Å². The number of alkyl halides is 1. The fraction of sp³-hybridized carbons (Fsp3) is 0.800. The van der Waals surface area contributed by atoms with Crippen LogP contribution in [0.3, 0.4) is 0 Å². The molecule has 1 fully saturated rings. The Bertz CT molecular complexity index is 263. The summed E-state index contributed by atoms with van der Waals surface area (Å²) in [5, 5.41) is 5.48. The van der Waals surface area contributed by atoms with Crippen molar-refractivity contribution < 1.29 is 9.59 Å². The van der Waals surface area contributed by atoms with Crippen LogP contribution < -0.4 is 10.6 Å². The van der Waals surface area contributed by atoms with Gasteiger partial charge in [0.1, 0.15) is 5.88 Å². The van der Waals surface area contributed by atoms with E-state index in [1.807, 2.05) is 6.26 Å². The maximum Gasteiger partial charge on any atom is 0.321 e. The van der Waals surface area contributed by atoms with Crippen LogP contribution in [0, 0.1) is 0 Å². The van der Waals surface area contributed by atoms with Crippen LogP contribution in [-0.2, 0) is 4.79 Å². The largest absolute Gasteiger partial charge is 0.334 e. The van der Waals surface area contributed by atoms with E-state index in [9.17, 15) is 9.59 Å². The summed E-state index contributed by atoms with van der Waals surface area (Å²) >= 11 is 7.07. The lowest BCUT2D eigenvalue weighted by Crippen LogP contribution is -2.49. The highest BCUT2D eigenvalue weighted by molar-refractivity contribution is 7.99. The first-order valence-electron chi connectivity index (χ1n) is 5.36. The van der Waals surface area contributed by atoms with Crippen LogP contribution in [0.2, 0.25) is 0 Å². The zero-order valence-corrected chi connectivity index (χ0v) is 10.9. The van der Waals surface area contributed by atoms with Gasteiger partial charge in [-0.1, -0.05) is 12.8 Å². The lowest BCUT2D eigenvalue weighted by Gasteiger charge is -2.30. The van der Waals surface area contributed by atoms with E-state index in [0.29, 0.717) is 5.25 Å². The third-order valence-corrected chi connectivity index (χ3v) is 4.11. The maximum atomic E-state index is 11.4. The topological polar surface area (TPSA) is 58.2 Å². The number of thioether (sulfide) groups is 1. The lowest BCUT2D eigenvalue weighted by molar-refractivity contribution is -0.117. The molecule has 1 rings (SSSR count). The minimum Gasteiger partial charge on any atom is -0.334 e. The molecular formula is C10H17ClN2O2S. The molecule has 2 atom stereocenters. The minimum absolute atomic E-state index is 0.159. The van der Waals surface area contributed by atoms with E-state index in [2.05, 4.69) is 10.6 Å². The predicted octanol–water partition coefficient (Wildman–Crippen LogP) is 1.73. The summed E-state index contributed by atoms with van der Waals surface area (Å²) in [6.07, 6.45) is 6.49. The Hall–Kier alpha value is -0.420. The molecule has 92 valence electrons. The number of hydrogen-bond donors (Lipinski definition) is 2. The van der Waals surface area contributed by atoms with Gasteiger partial charge in [0.2, 0.25) is 5.91 Å². The monoisotopic (exact) mass is 264 g/mol. The Morgan fingerprint density at radius 1 is 1.38 bits per heavy atom. The van der Waals surface area contributed by atoms with Gasteiger partial charge in [0, 0.05) is 11.3 Å². The predicted molar refractivity (Wildman–Crippen MR) is 67.0 cm³/mol. The Morgan fingerprint density at radius 2 is 2.06 bits per heavy atom. The Morgan fingerprint density at radius 3 is 2.69 bits per heavy atom. The molecule has 0 aromatic carbocycles. The van der Waals surface area contributed by atoms with Gasteiger partial charge in [-0.15, -0.1) is 11.6 Å². The summed E-state index contributed by atoms with van der Waals surface area (Å²) in [4.78, 5) is 22.3. The molecule has 0 aromatic rings. The molecule has 0 spiro atoms. The number of nitrogens with one attached hydrogen (secondary N) is 2. The first-order chi connectivity index (χ1) is 7.67. The van der Waals surface area contributed by atoms with Crippen molar-refractivity contribution in [2.24, 2.45) is 0 Å². The second-order valence-electron chi connectivity index (χ2n) is 3.82. The van der Waals surface area contributed by atoms with Gasteiger partial charge in [-0.05, 0) is 19.1 Å². The number of carbonyl (C=O) groups is 2. The van der Waals surface area contributed by atoms with E-state index in [0.717, 1.165) is 19.3 Å². The van der Waals surface area contributed by atoms with Crippen molar-refractivity contribution in [3.8, 4) is 0 Å². The van der Waals surface area contributed by atoms with Gasteiger partial charge in [-0.2, -0.15) is 11.8 Å². The number of imide groups is 1. The molecule has 0 radical (unpaired) electrons. The van der Waals surface area contributed by atoms with Crippen LogP contribution in [0.5, 0.6) is 0 Å². The first kappa shape index (κ1) is 13.6. The molecule has 2 N–H and O–H groups in total. The van der Waals surface area contributed by atoms with E-state index < -0.39 is 11.9 Å². The standard InChI is InChI=1S/C10H17ClN2O2S/c1-16-8-5-3-2-4-7(8)12-10(15)13-9(14)6-11/h7-8H,2-6H2,1H3,(H2,12,13,14,15). The maximum absolute atomic E-state index is 11.4. The van der Waals surface area contributed by atoms with E-state index in [4.69, 9.17) is 11.6 Å². The third kappa shape index (κ3) is 4.22. The van der Waals surface area contributed by atoms with Gasteiger partial charge in [0.25, 0.3) is 0 Å². The number of carbonyl (C=O) groups excluding carboxylic acids is 2. The highest BCUT2D eigenvalue weighted by Gasteiger charge is 2.25. The quantitative estimate of drug-likeness (QED) is 0.764. The van der Waals surface area contributed by atoms with Gasteiger partial charge in [-0.3, -0.25) is 10.1 Å². The van der Waals surface area contributed by atoms with E-state index in [-0.39, 0.29) is 11.9 Å². The van der Waals surface area contributed by atoms with Crippen LogP contribution in [0.15, 0.2) is 0 Å². The molecule has 0 saturated heterocycles. The molecule has 1 aliphatic carbocycles. The van der Waals surface area contributed by atoms with E-state index in [1.54, 1.807) is 11.8 Å². The van der Waals surface area contributed by atoms with Gasteiger partial charge in [0.15, 0.2) is 0 Å². The zero-order chi connectivity index (χ0) is 12.0. The van der Waals surface area contributed by atoms with Crippen molar-refractivity contribution >= 4 is 35.3 Å². The normalized spacial score (nSPS) is 24.9. The van der Waals surface area contributed by atoms with Gasteiger partial charge >= 0.3 is 6.03 Å². The molecule has 1 saturated carbocycles. The average molecular weight is 265 g/mol. The van der Waals surface area contributed by atoms with Gasteiger partial charge < -0.3 is 5.32 Å². The van der Waals surface area contributed by atoms with Crippen molar-refractivity contribution in [2.45, 2.75) is 37.0 Å². The Balaban J connectivity index is 2.39. The number of rotatable bonds is 3. The summed E-state index contributed by atoms with van der Waals surface area (Å²) in [6.45, 7) is 0. The third-order valence-electron chi connectivity index (χ3n) is 2.70. The van der Waals surface area contributed by atoms with Crippen LogP contribution in [0.4, 0.5) is 4.79 Å². The summed E-state index contributed by atoms with van der Waals surface area (Å²) in [6, 6.07) is -0.275. The van der Waals surface area contributed by atoms with E-state index >= 15 is 0 Å². The second-order valence-corrected chi connectivity index (χ2v) is 5.16. The molecule has 3 amide bonds. The van der Waals surface area contributed by atoms with Gasteiger partial charge in [-0.25, -0.2) is 4.79 Å². The highest BCUT2D eigenvalue weighted by Crippen LogP contribution is 2.26. The van der Waals surface area contributed by atoms with E-state index in [1.165, 1.54) is 6.42 Å². The minimum atomic E-state index is -0.462. The molecule has 0 aliphatic heterocycles. The molecule has 0 bridgehead atoms. The van der Waals surface area contributed by atoms with Crippen molar-refractivity contribution in [2.75, 3.05) is 12.1 Å². The van der Waals surface area contributed by atoms with Gasteiger partial charge in [0.05, 0.1) is 0 Å².